The molecule has 1 fully saturated rings. The minimum absolute atomic E-state index is 0.192. The summed E-state index contributed by atoms with van der Waals surface area (Å²) in [6, 6.07) is 5.25. The van der Waals surface area contributed by atoms with Crippen LogP contribution in [-0.2, 0) is 6.42 Å². The number of carbonyl (C=O) groups excluding carboxylic acids is 1. The number of nitrogens with zero attached hydrogens (tertiary/aromatic N) is 3. The van der Waals surface area contributed by atoms with Crippen molar-refractivity contribution < 1.29 is 18.8 Å². The molecule has 150 valence electrons. The second-order valence-corrected chi connectivity index (χ2v) is 7.08. The van der Waals surface area contributed by atoms with Crippen LogP contribution in [0.25, 0.3) is 0 Å². The summed E-state index contributed by atoms with van der Waals surface area (Å²) in [6.07, 6.45) is 2.37. The second-order valence-electron chi connectivity index (χ2n) is 7.08. The summed E-state index contributed by atoms with van der Waals surface area (Å²) in [6.45, 7) is 3.74. The average molecular weight is 387 g/mol. The van der Waals surface area contributed by atoms with E-state index in [9.17, 15) is 4.79 Å². The normalized spacial score (nSPS) is 19.5. The van der Waals surface area contributed by atoms with Crippen LogP contribution in [0.4, 0.5) is 10.5 Å². The topological polar surface area (TPSA) is 102 Å². The maximum absolute atomic E-state index is 12.8. The number of rotatable bonds is 5. The van der Waals surface area contributed by atoms with Gasteiger partial charge in [0.15, 0.2) is 17.3 Å². The quantitative estimate of drug-likeness (QED) is 0.812. The number of carbonyl (C=O) groups is 1. The Hall–Kier alpha value is -2.81. The monoisotopic (exact) mass is 387 g/mol. The number of anilines is 1. The average Bonchev–Trinajstić information content (AvgIpc) is 3.37. The molecule has 0 bridgehead atoms. The van der Waals surface area contributed by atoms with Crippen molar-refractivity contribution in [3.05, 3.63) is 29.9 Å². The summed E-state index contributed by atoms with van der Waals surface area (Å²) < 4.78 is 16.5. The zero-order valence-corrected chi connectivity index (χ0v) is 16.1. The van der Waals surface area contributed by atoms with Crippen molar-refractivity contribution in [2.24, 2.45) is 0 Å². The van der Waals surface area contributed by atoms with E-state index in [4.69, 9.17) is 14.0 Å². The summed E-state index contributed by atoms with van der Waals surface area (Å²) in [7, 11) is 1.90. The largest absolute Gasteiger partial charge is 0.486 e. The van der Waals surface area contributed by atoms with Crippen LogP contribution in [0.3, 0.4) is 0 Å². The van der Waals surface area contributed by atoms with Crippen LogP contribution in [-0.4, -0.2) is 53.9 Å². The minimum atomic E-state index is -0.205. The Kier molecular flexibility index (Phi) is 5.34. The molecule has 2 aliphatic rings. The van der Waals surface area contributed by atoms with Crippen LogP contribution < -0.4 is 20.1 Å². The third kappa shape index (κ3) is 3.89. The third-order valence-corrected chi connectivity index (χ3v) is 5.06. The molecule has 0 radical (unpaired) electrons. The molecule has 2 aliphatic heterocycles. The molecule has 2 amide bonds. The fourth-order valence-corrected chi connectivity index (χ4v) is 3.44. The highest BCUT2D eigenvalue weighted by Crippen LogP contribution is 2.34. The van der Waals surface area contributed by atoms with Gasteiger partial charge in [0.1, 0.15) is 19.3 Å². The smallest absolute Gasteiger partial charge is 0.322 e. The number of likely N-dealkylation sites (tertiary alicyclic amines) is 1. The maximum Gasteiger partial charge on any atom is 0.322 e. The van der Waals surface area contributed by atoms with Gasteiger partial charge in [-0.2, -0.15) is 4.98 Å². The zero-order chi connectivity index (χ0) is 19.5. The number of fused-ring (bicyclic) bond motifs is 1. The predicted molar refractivity (Wildman–Crippen MR) is 102 cm³/mol. The summed E-state index contributed by atoms with van der Waals surface area (Å²) in [5.41, 5.74) is 0.661. The summed E-state index contributed by atoms with van der Waals surface area (Å²) in [4.78, 5) is 19.1. The molecule has 1 saturated heterocycles. The van der Waals surface area contributed by atoms with Gasteiger partial charge in [-0.15, -0.1) is 0 Å². The molecule has 9 heteroatoms. The fraction of sp³-hybridized carbons (Fsp3) is 0.526. The summed E-state index contributed by atoms with van der Waals surface area (Å²) in [5, 5.41) is 10.1. The molecule has 0 aliphatic carbocycles. The van der Waals surface area contributed by atoms with Crippen molar-refractivity contribution in [2.45, 2.75) is 38.3 Å². The lowest BCUT2D eigenvalue weighted by atomic mass is 10.2. The van der Waals surface area contributed by atoms with Crippen molar-refractivity contribution in [2.75, 3.05) is 32.1 Å². The van der Waals surface area contributed by atoms with Crippen LogP contribution >= 0.6 is 0 Å². The molecule has 0 spiro atoms. The Morgan fingerprint density at radius 3 is 2.96 bits per heavy atom. The first kappa shape index (κ1) is 18.5. The fourth-order valence-electron chi connectivity index (χ4n) is 3.44. The molecule has 0 saturated carbocycles. The number of amides is 2. The van der Waals surface area contributed by atoms with E-state index in [1.807, 2.05) is 7.05 Å². The molecule has 1 aromatic carbocycles. The Bertz CT molecular complexity index is 839. The standard InChI is InChI=1S/C19H25N5O4/c1-12(20-2)10-17-22-18(28-23-17)14-4-3-7-24(14)19(25)21-13-5-6-15-16(11-13)27-9-8-26-15/h5-6,11-12,14,20H,3-4,7-10H2,1-2H3,(H,21,25)/t12?,14-/m0/s1. The van der Waals surface area contributed by atoms with Gasteiger partial charge in [-0.3, -0.25) is 0 Å². The molecule has 28 heavy (non-hydrogen) atoms. The van der Waals surface area contributed by atoms with Crippen LogP contribution in [0.1, 0.15) is 37.5 Å². The molecule has 1 aromatic heterocycles. The van der Waals surface area contributed by atoms with Gasteiger partial charge in [-0.05, 0) is 38.9 Å². The van der Waals surface area contributed by atoms with Gasteiger partial charge < -0.3 is 29.5 Å². The van der Waals surface area contributed by atoms with Crippen molar-refractivity contribution in [3.63, 3.8) is 0 Å². The van der Waals surface area contributed by atoms with Gasteiger partial charge in [0, 0.05) is 30.8 Å². The van der Waals surface area contributed by atoms with Gasteiger partial charge >= 0.3 is 6.03 Å². The van der Waals surface area contributed by atoms with E-state index in [1.165, 1.54) is 0 Å². The third-order valence-electron chi connectivity index (χ3n) is 5.06. The maximum atomic E-state index is 12.8. The SMILES string of the molecule is CNC(C)Cc1noc([C@@H]2CCCN2C(=O)Nc2ccc3c(c2)OCCO3)n1. The highest BCUT2D eigenvalue weighted by molar-refractivity contribution is 5.90. The predicted octanol–water partition coefficient (Wildman–Crippen LogP) is 2.36. The summed E-state index contributed by atoms with van der Waals surface area (Å²) >= 11 is 0. The van der Waals surface area contributed by atoms with Gasteiger partial charge in [0.05, 0.1) is 0 Å². The van der Waals surface area contributed by atoms with Crippen LogP contribution in [0.2, 0.25) is 0 Å². The van der Waals surface area contributed by atoms with Gasteiger partial charge in [0.2, 0.25) is 5.89 Å². The molecule has 9 nitrogen and oxygen atoms in total. The van der Waals surface area contributed by atoms with Crippen LogP contribution in [0.15, 0.2) is 22.7 Å². The minimum Gasteiger partial charge on any atom is -0.486 e. The molecule has 2 N–H and O–H groups in total. The van der Waals surface area contributed by atoms with E-state index in [-0.39, 0.29) is 18.1 Å². The molecule has 2 aromatic rings. The van der Waals surface area contributed by atoms with Crippen LogP contribution in [0.5, 0.6) is 11.5 Å². The van der Waals surface area contributed by atoms with E-state index < -0.39 is 0 Å². The first-order valence-electron chi connectivity index (χ1n) is 9.61. The molecule has 4 rings (SSSR count). The number of aromatic nitrogens is 2. The van der Waals surface area contributed by atoms with Crippen molar-refractivity contribution >= 4 is 11.7 Å². The lowest BCUT2D eigenvalue weighted by Crippen LogP contribution is -2.34. The Labute approximate surface area is 163 Å². The number of hydrogen-bond acceptors (Lipinski definition) is 7. The number of hydrogen-bond donors (Lipinski definition) is 2. The number of nitrogens with one attached hydrogen (secondary N) is 2. The summed E-state index contributed by atoms with van der Waals surface area (Å²) in [5.74, 6) is 2.48. The van der Waals surface area contributed by atoms with Gasteiger partial charge in [-0.1, -0.05) is 5.16 Å². The molecule has 1 unspecified atom stereocenters. The molecule has 3 heterocycles. The van der Waals surface area contributed by atoms with Gasteiger partial charge in [-0.25, -0.2) is 4.79 Å². The Morgan fingerprint density at radius 2 is 2.14 bits per heavy atom. The van der Waals surface area contributed by atoms with E-state index >= 15 is 0 Å². The molecule has 2 atom stereocenters. The number of ether oxygens (including phenoxy) is 2. The first-order chi connectivity index (χ1) is 13.6. The van der Waals surface area contributed by atoms with Crippen molar-refractivity contribution in [1.82, 2.24) is 20.4 Å². The number of urea groups is 1. The first-order valence-corrected chi connectivity index (χ1v) is 9.61. The van der Waals surface area contributed by atoms with E-state index in [1.54, 1.807) is 23.1 Å². The lowest BCUT2D eigenvalue weighted by molar-refractivity contribution is 0.171. The molecular formula is C19H25N5O4. The highest BCUT2D eigenvalue weighted by atomic mass is 16.6. The number of likely N-dealkylation sites (N-methyl/N-ethyl adjacent to an activating group) is 1. The Morgan fingerprint density at radius 1 is 1.32 bits per heavy atom. The van der Waals surface area contributed by atoms with E-state index in [2.05, 4.69) is 27.7 Å². The zero-order valence-electron chi connectivity index (χ0n) is 16.1. The van der Waals surface area contributed by atoms with E-state index in [0.717, 1.165) is 12.8 Å². The number of benzene rings is 1. The van der Waals surface area contributed by atoms with Crippen LogP contribution in [0, 0.1) is 0 Å². The van der Waals surface area contributed by atoms with E-state index in [0.29, 0.717) is 55.1 Å². The lowest BCUT2D eigenvalue weighted by Gasteiger charge is -2.23. The molecular weight excluding hydrogens is 362 g/mol. The second kappa shape index (κ2) is 8.05. The Balaban J connectivity index is 1.44. The van der Waals surface area contributed by atoms with Crippen molar-refractivity contribution in [1.29, 1.82) is 0 Å². The highest BCUT2D eigenvalue weighted by Gasteiger charge is 2.34. The van der Waals surface area contributed by atoms with Crippen molar-refractivity contribution in [3.8, 4) is 11.5 Å². The van der Waals surface area contributed by atoms with Gasteiger partial charge in [0.25, 0.3) is 0 Å².